The van der Waals surface area contributed by atoms with Crippen molar-refractivity contribution in [2.75, 3.05) is 34.0 Å². The number of aliphatic hydroxyl groups excluding tert-OH is 2. The number of fused-ring (bicyclic) bond motifs is 3. The van der Waals surface area contributed by atoms with Gasteiger partial charge in [0.2, 0.25) is 5.88 Å². The van der Waals surface area contributed by atoms with E-state index in [-0.39, 0.29) is 19.8 Å². The largest absolute Gasteiger partial charge is 0.495 e. The summed E-state index contributed by atoms with van der Waals surface area (Å²) in [7, 11) is 3.65. The van der Waals surface area contributed by atoms with Crippen molar-refractivity contribution in [2.24, 2.45) is 0 Å². The molecule has 1 aromatic carbocycles. The maximum absolute atomic E-state index is 8.95. The predicted octanol–water partition coefficient (Wildman–Crippen LogP) is 1.39. The summed E-state index contributed by atoms with van der Waals surface area (Å²) in [5, 5.41) is 18.0. The maximum atomic E-state index is 8.95. The van der Waals surface area contributed by atoms with E-state index in [0.717, 1.165) is 29.6 Å². The van der Waals surface area contributed by atoms with Crippen molar-refractivity contribution >= 4 is 28.8 Å². The van der Waals surface area contributed by atoms with Crippen LogP contribution in [-0.2, 0) is 17.9 Å². The van der Waals surface area contributed by atoms with Crippen LogP contribution in [0.25, 0.3) is 10.9 Å². The number of rotatable bonds is 5. The summed E-state index contributed by atoms with van der Waals surface area (Å²) >= 11 is 6.18. The second kappa shape index (κ2) is 8.96. The number of carbonyl (C=O) groups is 1. The van der Waals surface area contributed by atoms with Gasteiger partial charge in [0.25, 0.3) is 0 Å². The van der Waals surface area contributed by atoms with Crippen molar-refractivity contribution < 1.29 is 24.5 Å². The smallest absolute Gasteiger partial charge is 0.218 e. The lowest BCUT2D eigenvalue weighted by Crippen LogP contribution is -2.09. The fourth-order valence-electron chi connectivity index (χ4n) is 2.70. The van der Waals surface area contributed by atoms with Gasteiger partial charge in [0.1, 0.15) is 18.6 Å². The number of hydrogen-bond donors (Lipinski definition) is 2. The summed E-state index contributed by atoms with van der Waals surface area (Å²) in [6, 6.07) is 3.72. The van der Waals surface area contributed by atoms with Crippen LogP contribution in [0, 0.1) is 0 Å². The number of benzene rings is 1. The average molecular weight is 369 g/mol. The Morgan fingerprint density at radius 1 is 1.32 bits per heavy atom. The van der Waals surface area contributed by atoms with Crippen LogP contribution in [0.4, 0.5) is 0 Å². The Morgan fingerprint density at radius 3 is 2.60 bits per heavy atom. The molecule has 2 N–H and O–H groups in total. The topological polar surface area (TPSA) is 92.1 Å². The molecule has 2 heterocycles. The van der Waals surface area contributed by atoms with Crippen molar-refractivity contribution in [3.8, 4) is 11.6 Å². The number of aldehydes is 1. The van der Waals surface area contributed by atoms with Crippen LogP contribution in [0.5, 0.6) is 11.6 Å². The van der Waals surface area contributed by atoms with E-state index in [2.05, 4.69) is 16.9 Å². The molecular formula is C17H21ClN2O5. The highest BCUT2D eigenvalue weighted by molar-refractivity contribution is 6.32. The zero-order valence-electron chi connectivity index (χ0n) is 14.2. The molecule has 0 fully saturated rings. The number of nitrogens with zero attached hydrogens (tertiary/aromatic N) is 2. The van der Waals surface area contributed by atoms with Gasteiger partial charge in [-0.05, 0) is 24.7 Å². The number of halogens is 1. The molecule has 1 aromatic heterocycles. The minimum Gasteiger partial charge on any atom is -0.495 e. The Balaban J connectivity index is 0.000000511. The van der Waals surface area contributed by atoms with Crippen LogP contribution < -0.4 is 9.47 Å². The molecule has 1 aliphatic rings. The third kappa shape index (κ3) is 4.38. The highest BCUT2D eigenvalue weighted by atomic mass is 35.5. The number of ether oxygens (including phenoxy) is 2. The molecule has 136 valence electrons. The predicted molar refractivity (Wildman–Crippen MR) is 94.2 cm³/mol. The fourth-order valence-corrected chi connectivity index (χ4v) is 2.94. The summed E-state index contributed by atoms with van der Waals surface area (Å²) in [5.74, 6) is 1.23. The fraction of sp³-hybridized carbons (Fsp3) is 0.412. The molecule has 0 bridgehead atoms. The number of aliphatic hydroxyl groups is 2. The van der Waals surface area contributed by atoms with Crippen LogP contribution in [0.1, 0.15) is 11.1 Å². The molecule has 2 aromatic rings. The van der Waals surface area contributed by atoms with E-state index in [4.69, 9.17) is 36.1 Å². The first kappa shape index (κ1) is 19.4. The molecular weight excluding hydrogens is 348 g/mol. The highest BCUT2D eigenvalue weighted by Gasteiger charge is 2.25. The molecule has 0 unspecified atom stereocenters. The zero-order chi connectivity index (χ0) is 18.4. The van der Waals surface area contributed by atoms with Gasteiger partial charge in [-0.3, -0.25) is 4.90 Å². The van der Waals surface area contributed by atoms with Crippen LogP contribution in [0.15, 0.2) is 12.1 Å². The molecule has 0 atom stereocenters. The Labute approximate surface area is 150 Å². The Kier molecular flexibility index (Phi) is 6.95. The molecule has 25 heavy (non-hydrogen) atoms. The molecule has 8 heteroatoms. The minimum absolute atomic E-state index is 0.0340. The number of pyridine rings is 1. The van der Waals surface area contributed by atoms with Crippen LogP contribution in [0.3, 0.4) is 0 Å². The Morgan fingerprint density at radius 2 is 2.00 bits per heavy atom. The lowest BCUT2D eigenvalue weighted by Gasteiger charge is -2.12. The van der Waals surface area contributed by atoms with Crippen molar-refractivity contribution in [2.45, 2.75) is 13.1 Å². The van der Waals surface area contributed by atoms with Gasteiger partial charge in [-0.2, -0.15) is 0 Å². The number of aromatic nitrogens is 1. The van der Waals surface area contributed by atoms with Gasteiger partial charge in [0, 0.05) is 24.0 Å². The van der Waals surface area contributed by atoms with Gasteiger partial charge in [-0.1, -0.05) is 11.6 Å². The van der Waals surface area contributed by atoms with Crippen molar-refractivity contribution in [1.29, 1.82) is 0 Å². The molecule has 7 nitrogen and oxygen atoms in total. The van der Waals surface area contributed by atoms with E-state index in [0.29, 0.717) is 22.9 Å². The lowest BCUT2D eigenvalue weighted by atomic mass is 10.1. The van der Waals surface area contributed by atoms with E-state index in [1.54, 1.807) is 13.2 Å². The normalized spacial score (nSPS) is 13.2. The zero-order valence-corrected chi connectivity index (χ0v) is 14.9. The van der Waals surface area contributed by atoms with Gasteiger partial charge in [-0.15, -0.1) is 0 Å². The number of carbonyl (C=O) groups excluding carboxylic acids is 1. The first-order valence-corrected chi connectivity index (χ1v) is 8.09. The molecule has 1 aliphatic heterocycles. The van der Waals surface area contributed by atoms with Gasteiger partial charge in [0.05, 0.1) is 30.9 Å². The van der Waals surface area contributed by atoms with Gasteiger partial charge in [-0.25, -0.2) is 4.98 Å². The SMILES string of the molecule is COc1cc2c3c(c(OCCO)nc2cc1Cl)CN(C)C3.O=CCO. The molecule has 0 aliphatic carbocycles. The second-order valence-corrected chi connectivity index (χ2v) is 5.88. The van der Waals surface area contributed by atoms with Crippen molar-refractivity contribution in [3.05, 3.63) is 28.3 Å². The Hall–Kier alpha value is -1.93. The van der Waals surface area contributed by atoms with Gasteiger partial charge < -0.3 is 24.5 Å². The second-order valence-electron chi connectivity index (χ2n) is 5.47. The lowest BCUT2D eigenvalue weighted by molar-refractivity contribution is -0.110. The number of hydrogen-bond acceptors (Lipinski definition) is 7. The van der Waals surface area contributed by atoms with Gasteiger partial charge in [0.15, 0.2) is 0 Å². The standard InChI is InChI=1S/C15H17ClN2O3.C2H4O2/c1-18-7-10-9-5-14(20-2)12(16)6-13(9)17-15(11(10)8-18)21-4-3-19;3-1-2-4/h5-6,19H,3-4,7-8H2,1-2H3;1,4H,2H2. The highest BCUT2D eigenvalue weighted by Crippen LogP contribution is 2.38. The quantitative estimate of drug-likeness (QED) is 0.770. The summed E-state index contributed by atoms with van der Waals surface area (Å²) in [4.78, 5) is 15.7. The average Bonchev–Trinajstić information content (AvgIpc) is 3.01. The minimum atomic E-state index is -0.361. The third-order valence-corrected chi connectivity index (χ3v) is 4.00. The summed E-state index contributed by atoms with van der Waals surface area (Å²) in [6.45, 7) is 1.45. The summed E-state index contributed by atoms with van der Waals surface area (Å²) < 4.78 is 10.9. The monoisotopic (exact) mass is 368 g/mol. The van der Waals surface area contributed by atoms with Crippen LogP contribution in [0.2, 0.25) is 5.02 Å². The summed E-state index contributed by atoms with van der Waals surface area (Å²) in [6.07, 6.45) is 0.431. The molecule has 0 saturated heterocycles. The molecule has 0 saturated carbocycles. The van der Waals surface area contributed by atoms with E-state index in [1.807, 2.05) is 6.07 Å². The number of methoxy groups -OCH3 is 1. The Bertz CT molecular complexity index is 754. The molecule has 0 spiro atoms. The van der Waals surface area contributed by atoms with E-state index in [1.165, 1.54) is 5.56 Å². The third-order valence-electron chi connectivity index (χ3n) is 3.70. The molecule has 3 rings (SSSR count). The molecule has 0 radical (unpaired) electrons. The molecule has 0 amide bonds. The van der Waals surface area contributed by atoms with Crippen LogP contribution >= 0.6 is 11.6 Å². The summed E-state index contributed by atoms with van der Waals surface area (Å²) in [5.41, 5.74) is 3.04. The van der Waals surface area contributed by atoms with E-state index < -0.39 is 0 Å². The van der Waals surface area contributed by atoms with Crippen molar-refractivity contribution in [3.63, 3.8) is 0 Å². The maximum Gasteiger partial charge on any atom is 0.218 e. The first-order valence-electron chi connectivity index (χ1n) is 7.71. The first-order chi connectivity index (χ1) is 12.0. The van der Waals surface area contributed by atoms with E-state index >= 15 is 0 Å². The van der Waals surface area contributed by atoms with E-state index in [9.17, 15) is 0 Å². The van der Waals surface area contributed by atoms with Crippen molar-refractivity contribution in [1.82, 2.24) is 9.88 Å². The van der Waals surface area contributed by atoms with Crippen LogP contribution in [-0.4, -0.2) is 60.4 Å². The van der Waals surface area contributed by atoms with Gasteiger partial charge >= 0.3 is 0 Å².